The Bertz CT molecular complexity index is 1160. The molecule has 0 bridgehead atoms. The first-order valence-corrected chi connectivity index (χ1v) is 12.5. The fourth-order valence-electron chi connectivity index (χ4n) is 5.36. The normalized spacial score (nSPS) is 21.2. The van der Waals surface area contributed by atoms with E-state index in [2.05, 4.69) is 0 Å². The molecule has 1 fully saturated rings. The Morgan fingerprint density at radius 2 is 1.68 bits per heavy atom. The van der Waals surface area contributed by atoms with Crippen molar-refractivity contribution >= 4 is 17.8 Å². The second kappa shape index (κ2) is 11.1. The summed E-state index contributed by atoms with van der Waals surface area (Å²) in [7, 11) is 6.32. The summed E-state index contributed by atoms with van der Waals surface area (Å²) in [6.45, 7) is 2.88. The maximum Gasteiger partial charge on any atom is 0.310 e. The van der Waals surface area contributed by atoms with Crippen LogP contribution in [0.5, 0.6) is 17.2 Å². The zero-order valence-electron chi connectivity index (χ0n) is 22.0. The largest absolute Gasteiger partial charge is 0.497 e. The zero-order chi connectivity index (χ0) is 26.7. The second-order valence-electron chi connectivity index (χ2n) is 9.28. The van der Waals surface area contributed by atoms with Crippen LogP contribution < -0.4 is 14.2 Å². The van der Waals surface area contributed by atoms with Gasteiger partial charge in [-0.2, -0.15) is 0 Å². The lowest BCUT2D eigenvalue weighted by molar-refractivity contribution is -0.151. The molecule has 1 saturated heterocycles. The van der Waals surface area contributed by atoms with Gasteiger partial charge in [0.15, 0.2) is 11.5 Å². The standard InChI is InChI=1S/C28H34N2O7/c1-6-37-28(33)18-8-7-13-30(16-18)27(32)24-20-14-22(35-4)23(36-5)15-21(20)26(31)29(2)25(24)17-9-11-19(34-3)12-10-17/h9-12,14-15,18,24-25H,6-8,13,16H2,1-5H3. The van der Waals surface area contributed by atoms with Gasteiger partial charge in [-0.3, -0.25) is 14.4 Å². The lowest BCUT2D eigenvalue weighted by atomic mass is 9.78. The van der Waals surface area contributed by atoms with Crippen LogP contribution in [0.3, 0.4) is 0 Å². The number of nitrogens with zero attached hydrogens (tertiary/aromatic N) is 2. The number of carbonyl (C=O) groups is 3. The van der Waals surface area contributed by atoms with E-state index in [1.165, 1.54) is 14.2 Å². The molecule has 0 saturated carbocycles. The van der Waals surface area contributed by atoms with E-state index in [9.17, 15) is 14.4 Å². The second-order valence-corrected chi connectivity index (χ2v) is 9.28. The number of amides is 2. The molecular weight excluding hydrogens is 476 g/mol. The highest BCUT2D eigenvalue weighted by molar-refractivity contribution is 6.02. The molecule has 4 rings (SSSR count). The number of hydrogen-bond donors (Lipinski definition) is 0. The highest BCUT2D eigenvalue weighted by atomic mass is 16.5. The third-order valence-corrected chi connectivity index (χ3v) is 7.25. The molecule has 0 radical (unpaired) electrons. The summed E-state index contributed by atoms with van der Waals surface area (Å²) in [5, 5.41) is 0. The van der Waals surface area contributed by atoms with Crippen molar-refractivity contribution in [2.24, 2.45) is 5.92 Å². The van der Waals surface area contributed by atoms with E-state index < -0.39 is 12.0 Å². The fourth-order valence-corrected chi connectivity index (χ4v) is 5.36. The topological polar surface area (TPSA) is 94.6 Å². The summed E-state index contributed by atoms with van der Waals surface area (Å²) < 4.78 is 21.5. The minimum absolute atomic E-state index is 0.150. The fraction of sp³-hybridized carbons (Fsp3) is 0.464. The number of likely N-dealkylation sites (tertiary alicyclic amines) is 1. The maximum atomic E-state index is 14.3. The molecule has 0 spiro atoms. The van der Waals surface area contributed by atoms with Crippen LogP contribution in [0.2, 0.25) is 0 Å². The van der Waals surface area contributed by atoms with Crippen LogP contribution in [0.4, 0.5) is 0 Å². The monoisotopic (exact) mass is 510 g/mol. The minimum atomic E-state index is -0.716. The number of carbonyl (C=O) groups excluding carboxylic acids is 3. The van der Waals surface area contributed by atoms with Crippen molar-refractivity contribution in [1.29, 1.82) is 0 Å². The summed E-state index contributed by atoms with van der Waals surface area (Å²) in [5.74, 6) is -0.209. The first-order valence-electron chi connectivity index (χ1n) is 12.5. The SMILES string of the molecule is CCOC(=O)C1CCCN(C(=O)C2c3cc(OC)c(OC)cc3C(=O)N(C)C2c2ccc(OC)cc2)C1. The molecule has 3 atom stereocenters. The molecule has 0 aliphatic carbocycles. The number of esters is 1. The Hall–Kier alpha value is -3.75. The van der Waals surface area contributed by atoms with Crippen molar-refractivity contribution in [2.75, 3.05) is 48.1 Å². The molecule has 2 aromatic carbocycles. The molecule has 2 amide bonds. The predicted octanol–water partition coefficient (Wildman–Crippen LogP) is 3.42. The number of benzene rings is 2. The van der Waals surface area contributed by atoms with Crippen LogP contribution in [-0.4, -0.2) is 75.7 Å². The van der Waals surface area contributed by atoms with E-state index in [-0.39, 0.29) is 30.2 Å². The first kappa shape index (κ1) is 26.3. The summed E-state index contributed by atoms with van der Waals surface area (Å²) in [4.78, 5) is 43.7. The molecule has 198 valence electrons. The summed E-state index contributed by atoms with van der Waals surface area (Å²) in [6.07, 6.45) is 1.37. The molecule has 2 aliphatic heterocycles. The molecule has 9 nitrogen and oxygen atoms in total. The van der Waals surface area contributed by atoms with Gasteiger partial charge in [-0.1, -0.05) is 12.1 Å². The van der Waals surface area contributed by atoms with Crippen molar-refractivity contribution in [3.63, 3.8) is 0 Å². The Morgan fingerprint density at radius 3 is 2.30 bits per heavy atom. The Kier molecular flexibility index (Phi) is 7.90. The van der Waals surface area contributed by atoms with Gasteiger partial charge in [-0.15, -0.1) is 0 Å². The third kappa shape index (κ3) is 4.95. The quantitative estimate of drug-likeness (QED) is 0.527. The molecule has 3 unspecified atom stereocenters. The summed E-state index contributed by atoms with van der Waals surface area (Å²) >= 11 is 0. The lowest BCUT2D eigenvalue weighted by Crippen LogP contribution is -2.50. The lowest BCUT2D eigenvalue weighted by Gasteiger charge is -2.43. The average Bonchev–Trinajstić information content (AvgIpc) is 2.94. The van der Waals surface area contributed by atoms with Gasteiger partial charge in [0.1, 0.15) is 5.75 Å². The van der Waals surface area contributed by atoms with E-state index in [0.29, 0.717) is 54.4 Å². The average molecular weight is 511 g/mol. The van der Waals surface area contributed by atoms with Crippen molar-refractivity contribution in [3.05, 3.63) is 53.1 Å². The van der Waals surface area contributed by atoms with Gasteiger partial charge in [0, 0.05) is 25.7 Å². The van der Waals surface area contributed by atoms with Crippen LogP contribution in [-0.2, 0) is 14.3 Å². The molecule has 2 heterocycles. The minimum Gasteiger partial charge on any atom is -0.497 e. The van der Waals surface area contributed by atoms with Crippen LogP contribution in [0.15, 0.2) is 36.4 Å². The van der Waals surface area contributed by atoms with Crippen molar-refractivity contribution in [2.45, 2.75) is 31.7 Å². The zero-order valence-corrected chi connectivity index (χ0v) is 22.0. The first-order chi connectivity index (χ1) is 17.8. The van der Waals surface area contributed by atoms with Gasteiger partial charge < -0.3 is 28.7 Å². The molecule has 2 aromatic rings. The van der Waals surface area contributed by atoms with Gasteiger partial charge >= 0.3 is 5.97 Å². The number of methoxy groups -OCH3 is 3. The number of hydrogen-bond acceptors (Lipinski definition) is 7. The van der Waals surface area contributed by atoms with Crippen LogP contribution in [0, 0.1) is 5.92 Å². The van der Waals surface area contributed by atoms with E-state index in [0.717, 1.165) is 5.56 Å². The number of ether oxygens (including phenoxy) is 4. The number of likely N-dealkylation sites (N-methyl/N-ethyl adjacent to an activating group) is 1. The van der Waals surface area contributed by atoms with Crippen LogP contribution in [0.25, 0.3) is 0 Å². The van der Waals surface area contributed by atoms with E-state index in [1.807, 2.05) is 24.3 Å². The van der Waals surface area contributed by atoms with E-state index >= 15 is 0 Å². The highest BCUT2D eigenvalue weighted by Crippen LogP contribution is 2.46. The van der Waals surface area contributed by atoms with Crippen LogP contribution in [0.1, 0.15) is 53.2 Å². The van der Waals surface area contributed by atoms with Crippen molar-refractivity contribution in [3.8, 4) is 17.2 Å². The van der Waals surface area contributed by atoms with E-state index in [1.54, 1.807) is 43.0 Å². The Balaban J connectivity index is 1.81. The Labute approximate surface area is 217 Å². The Morgan fingerprint density at radius 1 is 1.00 bits per heavy atom. The van der Waals surface area contributed by atoms with Gasteiger partial charge in [0.05, 0.1) is 45.8 Å². The van der Waals surface area contributed by atoms with Crippen molar-refractivity contribution in [1.82, 2.24) is 9.80 Å². The predicted molar refractivity (Wildman–Crippen MR) is 136 cm³/mol. The molecule has 0 N–H and O–H groups in total. The molecule has 2 aliphatic rings. The third-order valence-electron chi connectivity index (χ3n) is 7.25. The van der Waals surface area contributed by atoms with Gasteiger partial charge in [-0.25, -0.2) is 0 Å². The number of piperidine rings is 1. The molecular formula is C28H34N2O7. The summed E-state index contributed by atoms with van der Waals surface area (Å²) in [6, 6.07) is 10.2. The smallest absolute Gasteiger partial charge is 0.310 e. The van der Waals surface area contributed by atoms with E-state index in [4.69, 9.17) is 18.9 Å². The molecule has 37 heavy (non-hydrogen) atoms. The van der Waals surface area contributed by atoms with Crippen LogP contribution >= 0.6 is 0 Å². The van der Waals surface area contributed by atoms with Crippen molar-refractivity contribution < 1.29 is 33.3 Å². The summed E-state index contributed by atoms with van der Waals surface area (Å²) in [5.41, 5.74) is 1.77. The number of fused-ring (bicyclic) bond motifs is 1. The van der Waals surface area contributed by atoms with Gasteiger partial charge in [0.25, 0.3) is 5.91 Å². The van der Waals surface area contributed by atoms with Gasteiger partial charge in [0.2, 0.25) is 5.91 Å². The molecule has 0 aromatic heterocycles. The molecule has 9 heteroatoms. The maximum absolute atomic E-state index is 14.3. The van der Waals surface area contributed by atoms with Gasteiger partial charge in [-0.05, 0) is 55.2 Å². The number of rotatable bonds is 7. The highest BCUT2D eigenvalue weighted by Gasteiger charge is 2.46.